The first-order valence-corrected chi connectivity index (χ1v) is 9.09. The highest BCUT2D eigenvalue weighted by Crippen LogP contribution is 2.31. The van der Waals surface area contributed by atoms with Gasteiger partial charge in [0.1, 0.15) is 0 Å². The summed E-state index contributed by atoms with van der Waals surface area (Å²) in [6, 6.07) is 12.6. The van der Waals surface area contributed by atoms with Gasteiger partial charge < -0.3 is 4.90 Å². The van der Waals surface area contributed by atoms with Gasteiger partial charge in [-0.2, -0.15) is 5.10 Å². The first-order chi connectivity index (χ1) is 12.2. The van der Waals surface area contributed by atoms with Crippen LogP contribution < -0.4 is 4.90 Å². The molecular weight excluding hydrogens is 308 g/mol. The molecule has 3 aromatic rings. The van der Waals surface area contributed by atoms with Gasteiger partial charge in [0.05, 0.1) is 5.69 Å². The van der Waals surface area contributed by atoms with Crippen molar-refractivity contribution in [2.24, 2.45) is 11.8 Å². The van der Waals surface area contributed by atoms with Gasteiger partial charge in [0.2, 0.25) is 0 Å². The Morgan fingerprint density at radius 2 is 1.60 bits per heavy atom. The molecule has 2 atom stereocenters. The number of aromatic nitrogens is 3. The molecule has 4 heteroatoms. The second kappa shape index (κ2) is 6.79. The van der Waals surface area contributed by atoms with Gasteiger partial charge in [0.25, 0.3) is 0 Å². The second-order valence-corrected chi connectivity index (χ2v) is 7.40. The third kappa shape index (κ3) is 3.34. The molecule has 25 heavy (non-hydrogen) atoms. The molecule has 0 unspecified atom stereocenters. The maximum Gasteiger partial charge on any atom is 0.159 e. The predicted octanol–water partition coefficient (Wildman–Crippen LogP) is 4.10. The molecule has 1 aliphatic rings. The molecule has 128 valence electrons. The minimum absolute atomic E-state index is 0.695. The van der Waals surface area contributed by atoms with Crippen molar-refractivity contribution in [2.45, 2.75) is 26.7 Å². The van der Waals surface area contributed by atoms with E-state index in [4.69, 9.17) is 0 Å². The number of nitrogens with zero attached hydrogens (tertiary/aromatic N) is 4. The molecule has 0 N–H and O–H groups in total. The van der Waals surface area contributed by atoms with Gasteiger partial charge in [-0.1, -0.05) is 38.1 Å². The topological polar surface area (TPSA) is 41.9 Å². The molecule has 1 aromatic carbocycles. The maximum atomic E-state index is 4.66. The summed E-state index contributed by atoms with van der Waals surface area (Å²) in [5.41, 5.74) is 2.24. The second-order valence-electron chi connectivity index (χ2n) is 7.40. The maximum absolute atomic E-state index is 4.66. The zero-order valence-corrected chi connectivity index (χ0v) is 14.9. The van der Waals surface area contributed by atoms with Crippen LogP contribution in [0.4, 0.5) is 5.82 Å². The van der Waals surface area contributed by atoms with Crippen LogP contribution >= 0.6 is 0 Å². The van der Waals surface area contributed by atoms with E-state index in [-0.39, 0.29) is 0 Å². The number of piperidine rings is 1. The lowest BCUT2D eigenvalue weighted by molar-refractivity contribution is 0.355. The molecule has 4 nitrogen and oxygen atoms in total. The van der Waals surface area contributed by atoms with Crippen LogP contribution in [0.5, 0.6) is 0 Å². The van der Waals surface area contributed by atoms with Crippen LogP contribution in [0.3, 0.4) is 0 Å². The summed E-state index contributed by atoms with van der Waals surface area (Å²) in [4.78, 5) is 6.52. The normalized spacial score (nSPS) is 20.8. The fourth-order valence-electron chi connectivity index (χ4n) is 4.04. The van der Waals surface area contributed by atoms with E-state index in [0.717, 1.165) is 31.0 Å². The van der Waals surface area contributed by atoms with Gasteiger partial charge >= 0.3 is 0 Å². The highest BCUT2D eigenvalue weighted by Gasteiger charge is 2.24. The quantitative estimate of drug-likeness (QED) is 0.724. The molecular formula is C21H24N4. The van der Waals surface area contributed by atoms with Crippen LogP contribution in [-0.2, 0) is 6.42 Å². The highest BCUT2D eigenvalue weighted by atomic mass is 15.3. The third-order valence-corrected chi connectivity index (χ3v) is 5.03. The van der Waals surface area contributed by atoms with Crippen molar-refractivity contribution in [3.63, 3.8) is 0 Å². The van der Waals surface area contributed by atoms with Crippen molar-refractivity contribution >= 4 is 16.6 Å². The fourth-order valence-corrected chi connectivity index (χ4v) is 4.04. The molecule has 2 aromatic heterocycles. The summed E-state index contributed by atoms with van der Waals surface area (Å²) < 4.78 is 0. The van der Waals surface area contributed by atoms with Crippen LogP contribution in [0.25, 0.3) is 10.8 Å². The average Bonchev–Trinajstić information content (AvgIpc) is 2.62. The molecule has 0 aliphatic carbocycles. The van der Waals surface area contributed by atoms with Crippen molar-refractivity contribution in [3.05, 3.63) is 60.0 Å². The molecule has 0 spiro atoms. The number of pyridine rings is 1. The van der Waals surface area contributed by atoms with Gasteiger partial charge in [-0.25, -0.2) is 0 Å². The zero-order valence-electron chi connectivity index (χ0n) is 14.9. The van der Waals surface area contributed by atoms with E-state index in [9.17, 15) is 0 Å². The lowest BCUT2D eigenvalue weighted by atomic mass is 9.91. The number of hydrogen-bond acceptors (Lipinski definition) is 4. The summed E-state index contributed by atoms with van der Waals surface area (Å²) in [6.45, 7) is 6.78. The molecule has 1 aliphatic heterocycles. The highest BCUT2D eigenvalue weighted by molar-refractivity contribution is 5.93. The Morgan fingerprint density at radius 1 is 0.920 bits per heavy atom. The van der Waals surface area contributed by atoms with E-state index in [1.165, 1.54) is 22.8 Å². The summed E-state index contributed by atoms with van der Waals surface area (Å²) in [7, 11) is 0. The number of rotatable bonds is 3. The van der Waals surface area contributed by atoms with Gasteiger partial charge in [-0.3, -0.25) is 4.98 Å². The third-order valence-electron chi connectivity index (χ3n) is 5.03. The Labute approximate surface area is 148 Å². The van der Waals surface area contributed by atoms with E-state index in [0.29, 0.717) is 11.8 Å². The standard InChI is InChI=1S/C21H24N4/c1-15-11-16(2)14-25(13-15)21-19-6-4-3-5-18(19)20(23-24-21)12-17-7-9-22-10-8-17/h3-10,15-16H,11-14H2,1-2H3/t15-,16-/m0/s1. The van der Waals surface area contributed by atoms with Gasteiger partial charge in [0, 0.05) is 42.7 Å². The number of hydrogen-bond donors (Lipinski definition) is 0. The minimum atomic E-state index is 0.695. The Bertz CT molecular complexity index is 852. The van der Waals surface area contributed by atoms with Crippen molar-refractivity contribution in [3.8, 4) is 0 Å². The van der Waals surface area contributed by atoms with Crippen LogP contribution in [0.2, 0.25) is 0 Å². The largest absolute Gasteiger partial charge is 0.354 e. The van der Waals surface area contributed by atoms with Crippen molar-refractivity contribution < 1.29 is 0 Å². The Hall–Kier alpha value is -2.49. The van der Waals surface area contributed by atoms with E-state index < -0.39 is 0 Å². The molecule has 0 radical (unpaired) electrons. The summed E-state index contributed by atoms with van der Waals surface area (Å²) in [6.07, 6.45) is 5.73. The lowest BCUT2D eigenvalue weighted by Crippen LogP contribution is -2.39. The minimum Gasteiger partial charge on any atom is -0.354 e. The Morgan fingerprint density at radius 3 is 2.32 bits per heavy atom. The smallest absolute Gasteiger partial charge is 0.159 e. The first kappa shape index (κ1) is 16.0. The Kier molecular flexibility index (Phi) is 4.35. The van der Waals surface area contributed by atoms with Crippen LogP contribution in [-0.4, -0.2) is 28.3 Å². The molecule has 3 heterocycles. The number of fused-ring (bicyclic) bond motifs is 1. The zero-order chi connectivity index (χ0) is 17.2. The molecule has 1 saturated heterocycles. The van der Waals surface area contributed by atoms with E-state index in [1.54, 1.807) is 0 Å². The molecule has 0 saturated carbocycles. The van der Waals surface area contributed by atoms with Gasteiger partial charge in [-0.05, 0) is 36.0 Å². The summed E-state index contributed by atoms with van der Waals surface area (Å²) in [5.74, 6) is 2.43. The molecule has 4 rings (SSSR count). The molecule has 1 fully saturated rings. The predicted molar refractivity (Wildman–Crippen MR) is 102 cm³/mol. The summed E-state index contributed by atoms with van der Waals surface area (Å²) >= 11 is 0. The van der Waals surface area contributed by atoms with Gasteiger partial charge in [0.15, 0.2) is 5.82 Å². The van der Waals surface area contributed by atoms with Crippen molar-refractivity contribution in [1.29, 1.82) is 0 Å². The molecule has 0 bridgehead atoms. The SMILES string of the molecule is C[C@H]1C[C@H](C)CN(c2nnc(Cc3ccncc3)c3ccccc23)C1. The van der Waals surface area contributed by atoms with Crippen molar-refractivity contribution in [2.75, 3.05) is 18.0 Å². The first-order valence-electron chi connectivity index (χ1n) is 9.09. The number of anilines is 1. The summed E-state index contributed by atoms with van der Waals surface area (Å²) in [5, 5.41) is 11.7. The van der Waals surface area contributed by atoms with E-state index >= 15 is 0 Å². The van der Waals surface area contributed by atoms with E-state index in [2.05, 4.69) is 58.2 Å². The van der Waals surface area contributed by atoms with Gasteiger partial charge in [-0.15, -0.1) is 5.10 Å². The van der Waals surface area contributed by atoms with E-state index in [1.807, 2.05) is 24.5 Å². The lowest BCUT2D eigenvalue weighted by Gasteiger charge is -2.36. The molecule has 0 amide bonds. The van der Waals surface area contributed by atoms with Crippen LogP contribution in [0.15, 0.2) is 48.8 Å². The Balaban J connectivity index is 1.74. The van der Waals surface area contributed by atoms with Crippen LogP contribution in [0.1, 0.15) is 31.5 Å². The monoisotopic (exact) mass is 332 g/mol. The van der Waals surface area contributed by atoms with Crippen molar-refractivity contribution in [1.82, 2.24) is 15.2 Å². The van der Waals surface area contributed by atoms with Crippen LogP contribution in [0, 0.1) is 11.8 Å². The average molecular weight is 332 g/mol. The fraction of sp³-hybridized carbons (Fsp3) is 0.381. The number of benzene rings is 1.